The lowest BCUT2D eigenvalue weighted by Crippen LogP contribution is -2.70. The Bertz CT molecular complexity index is 2480. The molecule has 0 bridgehead atoms. The second kappa shape index (κ2) is 13.7. The summed E-state index contributed by atoms with van der Waals surface area (Å²) in [6.45, 7) is 0. The highest BCUT2D eigenvalue weighted by atomic mass is 16.4. The molecule has 7 aromatic rings. The molecule has 4 atom stereocenters. The second-order valence-corrected chi connectivity index (χ2v) is 13.6. The van der Waals surface area contributed by atoms with Gasteiger partial charge in [0.2, 0.25) is 0 Å². The summed E-state index contributed by atoms with van der Waals surface area (Å²) in [6, 6.07) is 27.1. The van der Waals surface area contributed by atoms with Crippen molar-refractivity contribution in [3.8, 4) is 0 Å². The van der Waals surface area contributed by atoms with Gasteiger partial charge in [-0.05, 0) is 58.9 Å². The summed E-state index contributed by atoms with van der Waals surface area (Å²) >= 11 is 0. The Kier molecular flexibility index (Phi) is 8.79. The van der Waals surface area contributed by atoms with Crippen LogP contribution in [0.1, 0.15) is 40.2 Å². The number of rotatable bonds is 13. The van der Waals surface area contributed by atoms with E-state index in [9.17, 15) is 29.7 Å². The molecule has 0 saturated heterocycles. The average Bonchev–Trinajstić information content (AvgIpc) is 3.90. The minimum atomic E-state index is -1.93. The van der Waals surface area contributed by atoms with Crippen LogP contribution in [0.4, 0.5) is 0 Å². The summed E-state index contributed by atoms with van der Waals surface area (Å²) in [7, 11) is 0. The van der Waals surface area contributed by atoms with Crippen LogP contribution in [0, 0.1) is 0 Å². The predicted octanol–water partition coefficient (Wildman–Crippen LogP) is 5.84. The maximum atomic E-state index is 14.1. The van der Waals surface area contributed by atoms with E-state index in [1.807, 2.05) is 91.1 Å². The molecule has 0 saturated carbocycles. The van der Waals surface area contributed by atoms with Crippen LogP contribution in [0.25, 0.3) is 32.7 Å². The molecule has 4 aromatic carbocycles. The maximum absolute atomic E-state index is 14.1. The Hall–Kier alpha value is -6.21. The molecule has 0 spiro atoms. The molecule has 1 aliphatic rings. The molecule has 0 radical (unpaired) electrons. The normalized spacial score (nSPS) is 18.3. The van der Waals surface area contributed by atoms with Gasteiger partial charge in [0.25, 0.3) is 0 Å². The topological polar surface area (TPSA) is 187 Å². The van der Waals surface area contributed by atoms with Gasteiger partial charge in [0, 0.05) is 70.1 Å². The second-order valence-electron chi connectivity index (χ2n) is 13.6. The first-order valence-corrected chi connectivity index (χ1v) is 17.5. The number of aromatic nitrogens is 3. The standard InChI is InChI=1S/C41H38N6O6/c48-38(49)36(19-25-21-42-33-14-6-2-10-27(25)33)45-47(37(39(50)51)20-26-22-43-34-15-7-3-11-28(26)34)46-41(40(52)53)31-13-5-1-9-24(31)17-18-32(41)30-23-44-35-16-8-4-12-29(30)35/h1-16,21-23,32,36-37,42-46H,17-20H2,(H,48,49)(H,50,51)(H,52,53)/t32?,36?,37-,41-/m0/s1. The smallest absolute Gasteiger partial charge is 0.330 e. The molecular formula is C41H38N6O6. The molecule has 3 heterocycles. The molecule has 53 heavy (non-hydrogen) atoms. The van der Waals surface area contributed by atoms with E-state index in [2.05, 4.69) is 25.8 Å². The molecule has 8 N–H and O–H groups in total. The van der Waals surface area contributed by atoms with Crippen molar-refractivity contribution in [3.05, 3.63) is 143 Å². The van der Waals surface area contributed by atoms with Gasteiger partial charge in [0.1, 0.15) is 12.1 Å². The number of nitrogens with one attached hydrogen (secondary N) is 5. The zero-order valence-electron chi connectivity index (χ0n) is 28.5. The maximum Gasteiger partial charge on any atom is 0.330 e. The molecule has 2 unspecified atom stereocenters. The zero-order chi connectivity index (χ0) is 36.7. The molecule has 0 fully saturated rings. The predicted molar refractivity (Wildman–Crippen MR) is 200 cm³/mol. The van der Waals surface area contributed by atoms with Crippen LogP contribution in [0.15, 0.2) is 116 Å². The summed E-state index contributed by atoms with van der Waals surface area (Å²) in [5.41, 5.74) is 10.2. The summed E-state index contributed by atoms with van der Waals surface area (Å²) < 4.78 is 0. The highest BCUT2D eigenvalue weighted by molar-refractivity contribution is 5.89. The fraction of sp³-hybridized carbons (Fsp3) is 0.195. The number of nitrogens with zero attached hydrogens (tertiary/aromatic N) is 1. The van der Waals surface area contributed by atoms with E-state index in [1.54, 1.807) is 24.5 Å². The Morgan fingerprint density at radius 2 is 1.25 bits per heavy atom. The molecule has 12 nitrogen and oxygen atoms in total. The van der Waals surface area contributed by atoms with E-state index >= 15 is 0 Å². The number of aromatic amines is 3. The quantitative estimate of drug-likeness (QED) is 0.0681. The van der Waals surface area contributed by atoms with Gasteiger partial charge in [-0.1, -0.05) is 78.9 Å². The van der Waals surface area contributed by atoms with E-state index in [4.69, 9.17) is 0 Å². The van der Waals surface area contributed by atoms with Gasteiger partial charge in [-0.3, -0.25) is 9.59 Å². The first-order valence-electron chi connectivity index (χ1n) is 17.5. The van der Waals surface area contributed by atoms with Crippen molar-refractivity contribution in [2.75, 3.05) is 0 Å². The average molecular weight is 711 g/mol. The van der Waals surface area contributed by atoms with E-state index < -0.39 is 41.4 Å². The van der Waals surface area contributed by atoms with Crippen LogP contribution in [-0.4, -0.2) is 65.4 Å². The first-order chi connectivity index (χ1) is 25.7. The third-order valence-corrected chi connectivity index (χ3v) is 10.7. The molecule has 268 valence electrons. The van der Waals surface area contributed by atoms with Crippen molar-refractivity contribution in [1.29, 1.82) is 0 Å². The van der Waals surface area contributed by atoms with Crippen molar-refractivity contribution in [1.82, 2.24) is 30.9 Å². The third kappa shape index (κ3) is 6.02. The van der Waals surface area contributed by atoms with Crippen molar-refractivity contribution >= 4 is 50.6 Å². The monoisotopic (exact) mass is 710 g/mol. The van der Waals surface area contributed by atoms with Gasteiger partial charge < -0.3 is 30.3 Å². The van der Waals surface area contributed by atoms with E-state index in [1.165, 1.54) is 0 Å². The molecule has 1 aliphatic carbocycles. The zero-order valence-corrected chi connectivity index (χ0v) is 28.5. The Labute approximate surface area is 303 Å². The van der Waals surface area contributed by atoms with Crippen LogP contribution < -0.4 is 10.9 Å². The minimum absolute atomic E-state index is 0.0283. The highest BCUT2D eigenvalue weighted by Crippen LogP contribution is 2.48. The molecule has 0 aliphatic heterocycles. The highest BCUT2D eigenvalue weighted by Gasteiger charge is 2.54. The molecule has 12 heteroatoms. The number of hydrazine groups is 2. The number of benzene rings is 4. The number of aliphatic carboxylic acids is 3. The summed E-state index contributed by atoms with van der Waals surface area (Å²) in [5.74, 6) is -4.44. The fourth-order valence-electron chi connectivity index (χ4n) is 8.11. The SMILES string of the molecule is O=C(O)C(Cc1c[nH]c2ccccc12)NN(N[C@@]1(C(=O)O)c2ccccc2CCC1c1c[nH]c2ccccc12)[C@@H](Cc1c[nH]c2ccccc12)C(=O)O. The number of carbonyl (C=O) groups is 3. The van der Waals surface area contributed by atoms with Crippen LogP contribution >= 0.6 is 0 Å². The van der Waals surface area contributed by atoms with Crippen molar-refractivity contribution in [2.24, 2.45) is 0 Å². The number of hydrogen-bond acceptors (Lipinski definition) is 6. The number of H-pyrrole nitrogens is 3. The van der Waals surface area contributed by atoms with E-state index in [-0.39, 0.29) is 12.8 Å². The van der Waals surface area contributed by atoms with Crippen LogP contribution in [0.3, 0.4) is 0 Å². The van der Waals surface area contributed by atoms with Crippen molar-refractivity contribution < 1.29 is 29.7 Å². The van der Waals surface area contributed by atoms with Gasteiger partial charge in [-0.2, -0.15) is 5.12 Å². The van der Waals surface area contributed by atoms with Crippen molar-refractivity contribution in [3.63, 3.8) is 0 Å². The Morgan fingerprint density at radius 3 is 1.87 bits per heavy atom. The first kappa shape index (κ1) is 33.9. The molecule has 0 amide bonds. The van der Waals surface area contributed by atoms with Gasteiger partial charge in [0.05, 0.1) is 0 Å². The Morgan fingerprint density at radius 1 is 0.698 bits per heavy atom. The van der Waals surface area contributed by atoms with E-state index in [0.29, 0.717) is 29.5 Å². The fourth-order valence-corrected chi connectivity index (χ4v) is 8.11. The number of carboxylic acid groups (broad SMARTS) is 3. The van der Waals surface area contributed by atoms with Crippen LogP contribution in [0.5, 0.6) is 0 Å². The largest absolute Gasteiger partial charge is 0.480 e. The van der Waals surface area contributed by atoms with Crippen LogP contribution in [-0.2, 0) is 39.2 Å². The van der Waals surface area contributed by atoms with Gasteiger partial charge in [-0.15, -0.1) is 0 Å². The third-order valence-electron chi connectivity index (χ3n) is 10.7. The van der Waals surface area contributed by atoms with Crippen LogP contribution in [0.2, 0.25) is 0 Å². The number of hydrogen-bond donors (Lipinski definition) is 8. The number of fused-ring (bicyclic) bond motifs is 4. The summed E-state index contributed by atoms with van der Waals surface area (Å²) in [6.07, 6.45) is 6.18. The molecule has 8 rings (SSSR count). The van der Waals surface area contributed by atoms with Gasteiger partial charge in [0.15, 0.2) is 5.54 Å². The Balaban J connectivity index is 1.28. The molecular weight excluding hydrogens is 672 g/mol. The number of para-hydroxylation sites is 3. The van der Waals surface area contributed by atoms with Crippen molar-refractivity contribution in [2.45, 2.75) is 49.2 Å². The lowest BCUT2D eigenvalue weighted by atomic mass is 9.66. The minimum Gasteiger partial charge on any atom is -0.480 e. The van der Waals surface area contributed by atoms with Gasteiger partial charge in [-0.25, -0.2) is 15.6 Å². The lowest BCUT2D eigenvalue weighted by molar-refractivity contribution is -0.162. The number of aryl methyl sites for hydroxylation is 1. The summed E-state index contributed by atoms with van der Waals surface area (Å²) in [5, 5.41) is 36.8. The van der Waals surface area contributed by atoms with Gasteiger partial charge >= 0.3 is 17.9 Å². The van der Waals surface area contributed by atoms with E-state index in [0.717, 1.165) is 49.0 Å². The number of carboxylic acids is 3. The summed E-state index contributed by atoms with van der Waals surface area (Å²) in [4.78, 5) is 50.3. The molecule has 3 aromatic heterocycles. The lowest BCUT2D eigenvalue weighted by Gasteiger charge is -2.47.